The molecular formula is C16H20N4O2. The number of aryl methyl sites for hydroxylation is 1. The molecule has 1 heterocycles. The molecule has 0 atom stereocenters. The maximum absolute atomic E-state index is 11.4. The van der Waals surface area contributed by atoms with Gasteiger partial charge < -0.3 is 4.74 Å². The highest BCUT2D eigenvalue weighted by molar-refractivity contribution is 5.50. The molecule has 0 aliphatic carbocycles. The topological polar surface area (TPSA) is 83.7 Å². The minimum absolute atomic E-state index is 0.120. The van der Waals surface area contributed by atoms with Gasteiger partial charge in [-0.15, -0.1) is 0 Å². The molecule has 0 aliphatic heterocycles. The van der Waals surface area contributed by atoms with Gasteiger partial charge in [0.1, 0.15) is 12.4 Å². The number of hydrogen-bond acceptors (Lipinski definition) is 4. The van der Waals surface area contributed by atoms with Gasteiger partial charge in [0.2, 0.25) is 0 Å². The molecule has 6 nitrogen and oxygen atoms in total. The van der Waals surface area contributed by atoms with E-state index in [4.69, 9.17) is 4.74 Å². The first kappa shape index (κ1) is 15.8. The van der Waals surface area contributed by atoms with Gasteiger partial charge in [0, 0.05) is 7.05 Å². The molecule has 0 fully saturated rings. The molecule has 2 rings (SSSR count). The number of benzene rings is 1. The Morgan fingerprint density at radius 1 is 1.41 bits per heavy atom. The Hall–Kier alpha value is -2.55. The predicted octanol–water partition coefficient (Wildman–Crippen LogP) is 2.17. The molecule has 0 saturated heterocycles. The summed E-state index contributed by atoms with van der Waals surface area (Å²) in [5, 5.41) is 15.5. The fourth-order valence-electron chi connectivity index (χ4n) is 2.17. The van der Waals surface area contributed by atoms with E-state index in [1.165, 1.54) is 4.57 Å². The number of hydrogen-bond donors (Lipinski definition) is 1. The SMILES string of the molecule is Cc1cc(C(C)(C)C)c(OCc2n[nH]c(=O)n2C)cc1C#N. The lowest BCUT2D eigenvalue weighted by Crippen LogP contribution is -2.17. The molecule has 1 aromatic carbocycles. The molecule has 2 aromatic rings. The van der Waals surface area contributed by atoms with E-state index in [0.717, 1.165) is 11.1 Å². The summed E-state index contributed by atoms with van der Waals surface area (Å²) in [7, 11) is 1.63. The summed E-state index contributed by atoms with van der Waals surface area (Å²) >= 11 is 0. The van der Waals surface area contributed by atoms with Crippen LogP contribution in [0.4, 0.5) is 0 Å². The Labute approximate surface area is 129 Å². The largest absolute Gasteiger partial charge is 0.485 e. The number of rotatable bonds is 3. The van der Waals surface area contributed by atoms with Gasteiger partial charge in [-0.05, 0) is 29.5 Å². The smallest absolute Gasteiger partial charge is 0.343 e. The lowest BCUT2D eigenvalue weighted by Gasteiger charge is -2.23. The summed E-state index contributed by atoms with van der Waals surface area (Å²) in [5.74, 6) is 1.15. The Kier molecular flexibility index (Phi) is 4.09. The van der Waals surface area contributed by atoms with E-state index < -0.39 is 0 Å². The lowest BCUT2D eigenvalue weighted by molar-refractivity contribution is 0.283. The summed E-state index contributed by atoms with van der Waals surface area (Å²) in [6.45, 7) is 8.34. The molecule has 1 aromatic heterocycles. The summed E-state index contributed by atoms with van der Waals surface area (Å²) in [6, 6.07) is 5.91. The van der Waals surface area contributed by atoms with E-state index >= 15 is 0 Å². The normalized spacial score (nSPS) is 11.3. The molecule has 0 saturated carbocycles. The van der Waals surface area contributed by atoms with Crippen molar-refractivity contribution in [3.63, 3.8) is 0 Å². The minimum atomic E-state index is -0.281. The van der Waals surface area contributed by atoms with Crippen LogP contribution in [0.1, 0.15) is 43.3 Å². The van der Waals surface area contributed by atoms with Gasteiger partial charge >= 0.3 is 5.69 Å². The molecule has 0 bridgehead atoms. The summed E-state index contributed by atoms with van der Waals surface area (Å²) in [6.07, 6.45) is 0. The van der Waals surface area contributed by atoms with Gasteiger partial charge in [-0.25, -0.2) is 9.89 Å². The van der Waals surface area contributed by atoms with E-state index in [1.807, 2.05) is 13.0 Å². The molecule has 6 heteroatoms. The summed E-state index contributed by atoms with van der Waals surface area (Å²) < 4.78 is 7.25. The fourth-order valence-corrected chi connectivity index (χ4v) is 2.17. The van der Waals surface area contributed by atoms with Crippen molar-refractivity contribution in [3.05, 3.63) is 45.1 Å². The van der Waals surface area contributed by atoms with E-state index in [1.54, 1.807) is 13.1 Å². The zero-order valence-electron chi connectivity index (χ0n) is 13.5. The van der Waals surface area contributed by atoms with Crippen molar-refractivity contribution < 1.29 is 4.74 Å². The van der Waals surface area contributed by atoms with Crippen molar-refractivity contribution in [2.75, 3.05) is 0 Å². The highest BCUT2D eigenvalue weighted by atomic mass is 16.5. The van der Waals surface area contributed by atoms with Crippen molar-refractivity contribution >= 4 is 0 Å². The number of ether oxygens (including phenoxy) is 1. The highest BCUT2D eigenvalue weighted by Crippen LogP contribution is 2.34. The van der Waals surface area contributed by atoms with Crippen LogP contribution in [0.25, 0.3) is 0 Å². The standard InChI is InChI=1S/C16H20N4O2/c1-10-6-12(16(2,3)4)13(7-11(10)8-17)22-9-14-18-19-15(21)20(14)5/h6-7H,9H2,1-5H3,(H,19,21). The van der Waals surface area contributed by atoms with Gasteiger partial charge in [0.05, 0.1) is 11.6 Å². The van der Waals surface area contributed by atoms with Crippen molar-refractivity contribution in [3.8, 4) is 11.8 Å². The molecular weight excluding hydrogens is 280 g/mol. The molecule has 22 heavy (non-hydrogen) atoms. The summed E-state index contributed by atoms with van der Waals surface area (Å²) in [5.41, 5.74) is 2.12. The molecule has 0 unspecified atom stereocenters. The third-order valence-corrected chi connectivity index (χ3v) is 3.58. The minimum Gasteiger partial charge on any atom is -0.485 e. The summed E-state index contributed by atoms with van der Waals surface area (Å²) in [4.78, 5) is 11.4. The van der Waals surface area contributed by atoms with Crippen molar-refractivity contribution in [1.82, 2.24) is 14.8 Å². The van der Waals surface area contributed by atoms with E-state index in [0.29, 0.717) is 17.1 Å². The highest BCUT2D eigenvalue weighted by Gasteiger charge is 2.21. The Morgan fingerprint density at radius 2 is 2.09 bits per heavy atom. The predicted molar refractivity (Wildman–Crippen MR) is 82.8 cm³/mol. The Balaban J connectivity index is 2.39. The second-order valence-corrected chi connectivity index (χ2v) is 6.32. The first-order valence-electron chi connectivity index (χ1n) is 7.02. The number of H-pyrrole nitrogens is 1. The molecule has 0 spiro atoms. The quantitative estimate of drug-likeness (QED) is 0.941. The molecule has 0 radical (unpaired) electrons. The van der Waals surface area contributed by atoms with E-state index in [-0.39, 0.29) is 17.7 Å². The second kappa shape index (κ2) is 5.68. The van der Waals surface area contributed by atoms with Crippen molar-refractivity contribution in [2.24, 2.45) is 7.05 Å². The third kappa shape index (κ3) is 3.03. The zero-order chi connectivity index (χ0) is 16.5. The lowest BCUT2D eigenvalue weighted by atomic mass is 9.84. The van der Waals surface area contributed by atoms with Crippen molar-refractivity contribution in [2.45, 2.75) is 39.7 Å². The van der Waals surface area contributed by atoms with Crippen LogP contribution in [0.2, 0.25) is 0 Å². The molecule has 116 valence electrons. The van der Waals surface area contributed by atoms with Crippen LogP contribution >= 0.6 is 0 Å². The number of aromatic amines is 1. The van der Waals surface area contributed by atoms with Crippen molar-refractivity contribution in [1.29, 1.82) is 5.26 Å². The van der Waals surface area contributed by atoms with Gasteiger partial charge in [-0.3, -0.25) is 4.57 Å². The van der Waals surface area contributed by atoms with E-state index in [9.17, 15) is 10.1 Å². The monoisotopic (exact) mass is 300 g/mol. The van der Waals surface area contributed by atoms with Gasteiger partial charge in [0.25, 0.3) is 0 Å². The fraction of sp³-hybridized carbons (Fsp3) is 0.438. The van der Waals surface area contributed by atoms with Crippen LogP contribution in [0.5, 0.6) is 5.75 Å². The molecule has 1 N–H and O–H groups in total. The van der Waals surface area contributed by atoms with Gasteiger partial charge in [-0.1, -0.05) is 26.8 Å². The van der Waals surface area contributed by atoms with Crippen LogP contribution in [0.15, 0.2) is 16.9 Å². The Morgan fingerprint density at radius 3 is 2.59 bits per heavy atom. The number of nitrogens with zero attached hydrogens (tertiary/aromatic N) is 3. The Bertz CT molecular complexity index is 788. The average Bonchev–Trinajstić information content (AvgIpc) is 2.76. The van der Waals surface area contributed by atoms with Crippen LogP contribution in [0.3, 0.4) is 0 Å². The van der Waals surface area contributed by atoms with Crippen LogP contribution in [0, 0.1) is 18.3 Å². The number of nitriles is 1. The van der Waals surface area contributed by atoms with E-state index in [2.05, 4.69) is 37.0 Å². The number of aromatic nitrogens is 3. The zero-order valence-corrected chi connectivity index (χ0v) is 13.5. The molecule has 0 amide bonds. The van der Waals surface area contributed by atoms with Crippen LogP contribution < -0.4 is 10.4 Å². The maximum Gasteiger partial charge on any atom is 0.343 e. The average molecular weight is 300 g/mol. The van der Waals surface area contributed by atoms with Crippen LogP contribution in [-0.2, 0) is 19.1 Å². The van der Waals surface area contributed by atoms with Crippen LogP contribution in [-0.4, -0.2) is 14.8 Å². The first-order chi connectivity index (χ1) is 10.2. The molecule has 0 aliphatic rings. The second-order valence-electron chi connectivity index (χ2n) is 6.32. The number of nitrogens with one attached hydrogen (secondary N) is 1. The maximum atomic E-state index is 11.4. The van der Waals surface area contributed by atoms with Gasteiger partial charge in [0.15, 0.2) is 5.82 Å². The first-order valence-corrected chi connectivity index (χ1v) is 7.02. The third-order valence-electron chi connectivity index (χ3n) is 3.58. The van der Waals surface area contributed by atoms with Gasteiger partial charge in [-0.2, -0.15) is 10.4 Å².